The number of benzene rings is 2. The Morgan fingerprint density at radius 3 is 2.24 bits per heavy atom. The van der Waals surface area contributed by atoms with Gasteiger partial charge < -0.3 is 15.4 Å². The Morgan fingerprint density at radius 2 is 1.60 bits per heavy atom. The maximum atomic E-state index is 12.3. The number of hydrogen-bond acceptors (Lipinski definition) is 4. The summed E-state index contributed by atoms with van der Waals surface area (Å²) in [5, 5.41) is 5.46. The lowest BCUT2D eigenvalue weighted by atomic mass is 10.1. The predicted octanol–water partition coefficient (Wildman–Crippen LogP) is 3.46. The lowest BCUT2D eigenvalue weighted by Crippen LogP contribution is -2.14. The fraction of sp³-hybridized carbons (Fsp3) is 0.211. The maximum absolute atomic E-state index is 12.3. The van der Waals surface area contributed by atoms with Crippen LogP contribution in [0.15, 0.2) is 48.5 Å². The first-order valence-electron chi connectivity index (χ1n) is 8.02. The van der Waals surface area contributed by atoms with Crippen molar-refractivity contribution in [3.63, 3.8) is 0 Å². The topological polar surface area (TPSA) is 84.5 Å². The molecule has 25 heavy (non-hydrogen) atoms. The molecule has 0 atom stereocenters. The van der Waals surface area contributed by atoms with Gasteiger partial charge in [0.2, 0.25) is 5.91 Å². The van der Waals surface area contributed by atoms with Crippen molar-refractivity contribution < 1.29 is 19.1 Å². The monoisotopic (exact) mass is 340 g/mol. The second-order valence-electron chi connectivity index (χ2n) is 5.23. The van der Waals surface area contributed by atoms with Gasteiger partial charge in [-0.05, 0) is 49.4 Å². The Morgan fingerprint density at radius 1 is 0.880 bits per heavy atom. The third-order valence-corrected chi connectivity index (χ3v) is 3.38. The van der Waals surface area contributed by atoms with Gasteiger partial charge in [-0.2, -0.15) is 0 Å². The Bertz CT molecular complexity index is 769. The second-order valence-corrected chi connectivity index (χ2v) is 5.23. The zero-order valence-electron chi connectivity index (χ0n) is 14.2. The van der Waals surface area contributed by atoms with E-state index in [0.29, 0.717) is 35.5 Å². The summed E-state index contributed by atoms with van der Waals surface area (Å²) in [5.41, 5.74) is 1.96. The molecule has 0 saturated carbocycles. The number of carbonyl (C=O) groups is 3. The summed E-state index contributed by atoms with van der Waals surface area (Å²) in [5.74, 6) is -0.830. The van der Waals surface area contributed by atoms with Gasteiger partial charge in [0, 0.05) is 23.4 Å². The number of anilines is 2. The SMILES string of the molecule is CCOC(=O)c1ccc(NC(=O)c2cccc(NC(=O)CC)c2)cc1. The molecule has 0 aromatic heterocycles. The van der Waals surface area contributed by atoms with Crippen molar-refractivity contribution >= 4 is 29.2 Å². The van der Waals surface area contributed by atoms with Crippen molar-refractivity contribution in [1.29, 1.82) is 0 Å². The highest BCUT2D eigenvalue weighted by molar-refractivity contribution is 6.05. The molecule has 6 heteroatoms. The lowest BCUT2D eigenvalue weighted by molar-refractivity contribution is -0.115. The molecule has 0 bridgehead atoms. The van der Waals surface area contributed by atoms with E-state index in [0.717, 1.165) is 0 Å². The molecule has 0 unspecified atom stereocenters. The minimum Gasteiger partial charge on any atom is -0.462 e. The maximum Gasteiger partial charge on any atom is 0.338 e. The van der Waals surface area contributed by atoms with Crippen molar-refractivity contribution in [2.75, 3.05) is 17.2 Å². The van der Waals surface area contributed by atoms with Crippen LogP contribution in [0.3, 0.4) is 0 Å². The van der Waals surface area contributed by atoms with Gasteiger partial charge in [0.15, 0.2) is 0 Å². The van der Waals surface area contributed by atoms with Crippen LogP contribution in [0.1, 0.15) is 41.0 Å². The molecule has 0 aliphatic carbocycles. The summed E-state index contributed by atoms with van der Waals surface area (Å²) in [6.07, 6.45) is 0.364. The van der Waals surface area contributed by atoms with E-state index in [1.807, 2.05) is 0 Å². The van der Waals surface area contributed by atoms with Crippen LogP contribution in [0.25, 0.3) is 0 Å². The summed E-state index contributed by atoms with van der Waals surface area (Å²) >= 11 is 0. The molecule has 0 heterocycles. The molecule has 0 aliphatic heterocycles. The first-order valence-corrected chi connectivity index (χ1v) is 8.02. The molecular weight excluding hydrogens is 320 g/mol. The smallest absolute Gasteiger partial charge is 0.338 e. The molecule has 2 amide bonds. The standard InChI is InChI=1S/C19H20N2O4/c1-3-17(22)20-16-7-5-6-14(12-16)18(23)21-15-10-8-13(9-11-15)19(24)25-4-2/h5-12H,3-4H2,1-2H3,(H,20,22)(H,21,23). The largest absolute Gasteiger partial charge is 0.462 e. The van der Waals surface area contributed by atoms with Gasteiger partial charge in [-0.25, -0.2) is 4.79 Å². The molecule has 0 spiro atoms. The molecule has 2 N–H and O–H groups in total. The van der Waals surface area contributed by atoms with E-state index < -0.39 is 5.97 Å². The lowest BCUT2D eigenvalue weighted by Gasteiger charge is -2.08. The molecule has 0 saturated heterocycles. The van der Waals surface area contributed by atoms with Crippen molar-refractivity contribution in [1.82, 2.24) is 0 Å². The number of carbonyl (C=O) groups excluding carboxylic acids is 3. The third kappa shape index (κ3) is 5.17. The Hall–Kier alpha value is -3.15. The van der Waals surface area contributed by atoms with E-state index in [1.165, 1.54) is 0 Å². The Labute approximate surface area is 146 Å². The minimum absolute atomic E-state index is 0.118. The van der Waals surface area contributed by atoms with Crippen LogP contribution in [0.2, 0.25) is 0 Å². The zero-order chi connectivity index (χ0) is 18.2. The van der Waals surface area contributed by atoms with Gasteiger partial charge in [0.05, 0.1) is 12.2 Å². The number of hydrogen-bond donors (Lipinski definition) is 2. The molecule has 2 rings (SSSR count). The van der Waals surface area contributed by atoms with E-state index in [1.54, 1.807) is 62.4 Å². The summed E-state index contributed by atoms with van der Waals surface area (Å²) in [6.45, 7) is 3.80. The summed E-state index contributed by atoms with van der Waals surface area (Å²) < 4.78 is 4.91. The van der Waals surface area contributed by atoms with E-state index in [2.05, 4.69) is 10.6 Å². The Kier molecular flexibility index (Phi) is 6.28. The van der Waals surface area contributed by atoms with Crippen LogP contribution >= 0.6 is 0 Å². The quantitative estimate of drug-likeness (QED) is 0.789. The van der Waals surface area contributed by atoms with Crippen molar-refractivity contribution in [3.05, 3.63) is 59.7 Å². The fourth-order valence-electron chi connectivity index (χ4n) is 2.09. The van der Waals surface area contributed by atoms with E-state index in [4.69, 9.17) is 4.74 Å². The van der Waals surface area contributed by atoms with Gasteiger partial charge >= 0.3 is 5.97 Å². The molecular formula is C19H20N2O4. The fourth-order valence-corrected chi connectivity index (χ4v) is 2.09. The van der Waals surface area contributed by atoms with E-state index in [9.17, 15) is 14.4 Å². The average Bonchev–Trinajstić information content (AvgIpc) is 2.62. The number of ether oxygens (including phenoxy) is 1. The van der Waals surface area contributed by atoms with E-state index in [-0.39, 0.29) is 11.8 Å². The van der Waals surface area contributed by atoms with Crippen LogP contribution in [0.5, 0.6) is 0 Å². The van der Waals surface area contributed by atoms with Crippen LogP contribution < -0.4 is 10.6 Å². The molecule has 6 nitrogen and oxygen atoms in total. The molecule has 2 aromatic rings. The summed E-state index contributed by atoms with van der Waals surface area (Å²) in [7, 11) is 0. The Balaban J connectivity index is 2.05. The molecule has 0 radical (unpaired) electrons. The van der Waals surface area contributed by atoms with Gasteiger partial charge in [-0.3, -0.25) is 9.59 Å². The van der Waals surface area contributed by atoms with Gasteiger partial charge in [0.1, 0.15) is 0 Å². The first kappa shape index (κ1) is 18.2. The highest BCUT2D eigenvalue weighted by Crippen LogP contribution is 2.15. The number of esters is 1. The molecule has 0 aliphatic rings. The van der Waals surface area contributed by atoms with Gasteiger partial charge in [-0.1, -0.05) is 13.0 Å². The second kappa shape index (κ2) is 8.63. The van der Waals surface area contributed by atoms with Crippen molar-refractivity contribution in [2.24, 2.45) is 0 Å². The summed E-state index contributed by atoms with van der Waals surface area (Å²) in [4.78, 5) is 35.4. The highest BCUT2D eigenvalue weighted by Gasteiger charge is 2.10. The van der Waals surface area contributed by atoms with Crippen LogP contribution in [-0.4, -0.2) is 24.4 Å². The zero-order valence-corrected chi connectivity index (χ0v) is 14.2. The number of amides is 2. The van der Waals surface area contributed by atoms with Crippen LogP contribution in [0.4, 0.5) is 11.4 Å². The normalized spacial score (nSPS) is 10.0. The number of nitrogens with one attached hydrogen (secondary N) is 2. The van der Waals surface area contributed by atoms with Crippen LogP contribution in [0, 0.1) is 0 Å². The highest BCUT2D eigenvalue weighted by atomic mass is 16.5. The van der Waals surface area contributed by atoms with Crippen molar-refractivity contribution in [2.45, 2.75) is 20.3 Å². The van der Waals surface area contributed by atoms with E-state index >= 15 is 0 Å². The number of rotatable bonds is 6. The molecule has 0 fully saturated rings. The summed E-state index contributed by atoms with van der Waals surface area (Å²) in [6, 6.07) is 13.1. The molecule has 2 aromatic carbocycles. The average molecular weight is 340 g/mol. The van der Waals surface area contributed by atoms with Crippen molar-refractivity contribution in [3.8, 4) is 0 Å². The minimum atomic E-state index is -0.403. The van der Waals surface area contributed by atoms with Crippen LogP contribution in [-0.2, 0) is 9.53 Å². The molecule has 130 valence electrons. The first-order chi connectivity index (χ1) is 12.0. The van der Waals surface area contributed by atoms with Gasteiger partial charge in [-0.15, -0.1) is 0 Å². The predicted molar refractivity (Wildman–Crippen MR) is 95.7 cm³/mol. The third-order valence-electron chi connectivity index (χ3n) is 3.38. The van der Waals surface area contributed by atoms with Gasteiger partial charge in [0.25, 0.3) is 5.91 Å².